The first-order valence-electron chi connectivity index (χ1n) is 9.08. The topological polar surface area (TPSA) is 55.8 Å². The number of para-hydroxylation sites is 2. The Morgan fingerprint density at radius 3 is 1.76 bits per heavy atom. The van der Waals surface area contributed by atoms with Gasteiger partial charge in [0.2, 0.25) is 0 Å². The van der Waals surface area contributed by atoms with E-state index >= 15 is 0 Å². The van der Waals surface area contributed by atoms with Crippen LogP contribution < -0.4 is 9.64 Å². The highest BCUT2D eigenvalue weighted by atomic mass is 16.6. The first-order chi connectivity index (χ1) is 14.0. The third-order valence-electron chi connectivity index (χ3n) is 4.02. The summed E-state index contributed by atoms with van der Waals surface area (Å²) in [5.74, 6) is -0.916. The number of carbonyl (C=O) groups excluding carboxylic acids is 2. The molecule has 29 heavy (non-hydrogen) atoms. The van der Waals surface area contributed by atoms with Gasteiger partial charge in [0.1, 0.15) is 5.75 Å². The molecule has 0 aliphatic carbocycles. The maximum atomic E-state index is 11.9. The van der Waals surface area contributed by atoms with Crippen LogP contribution in [-0.2, 0) is 14.3 Å². The van der Waals surface area contributed by atoms with Crippen molar-refractivity contribution in [3.63, 3.8) is 0 Å². The zero-order valence-corrected chi connectivity index (χ0v) is 16.1. The molecule has 146 valence electrons. The Hall–Kier alpha value is -3.86. The summed E-state index contributed by atoms with van der Waals surface area (Å²) in [4.78, 5) is 25.3. The van der Waals surface area contributed by atoms with Crippen LogP contribution in [0.3, 0.4) is 0 Å². The molecule has 0 heterocycles. The Bertz CT molecular complexity index is 943. The van der Waals surface area contributed by atoms with Crippen molar-refractivity contribution in [2.75, 3.05) is 11.5 Å². The lowest BCUT2D eigenvalue weighted by Gasteiger charge is -2.25. The summed E-state index contributed by atoms with van der Waals surface area (Å²) in [5, 5.41) is 0. The molecule has 0 aliphatic rings. The highest BCUT2D eigenvalue weighted by Gasteiger charge is 2.13. The molecular weight excluding hydrogens is 366 g/mol. The Kier molecular flexibility index (Phi) is 6.43. The lowest BCUT2D eigenvalue weighted by atomic mass is 10.2. The molecule has 3 rings (SSSR count). The van der Waals surface area contributed by atoms with Crippen molar-refractivity contribution in [2.45, 2.75) is 6.92 Å². The van der Waals surface area contributed by atoms with Crippen molar-refractivity contribution in [1.82, 2.24) is 0 Å². The minimum absolute atomic E-state index is 0.226. The van der Waals surface area contributed by atoms with Crippen LogP contribution in [0.4, 0.5) is 17.1 Å². The first-order valence-corrected chi connectivity index (χ1v) is 9.08. The molecule has 0 saturated heterocycles. The van der Waals surface area contributed by atoms with Gasteiger partial charge in [0.25, 0.3) is 0 Å². The summed E-state index contributed by atoms with van der Waals surface area (Å²) in [6, 6.07) is 27.1. The molecule has 5 heteroatoms. The highest BCUT2D eigenvalue weighted by Crippen LogP contribution is 2.34. The van der Waals surface area contributed by atoms with Crippen molar-refractivity contribution in [1.29, 1.82) is 0 Å². The quantitative estimate of drug-likeness (QED) is 0.318. The fourth-order valence-electron chi connectivity index (χ4n) is 2.67. The van der Waals surface area contributed by atoms with E-state index in [9.17, 15) is 9.59 Å². The fraction of sp³-hybridized carbons (Fsp3) is 0.0833. The third kappa shape index (κ3) is 5.32. The van der Waals surface area contributed by atoms with Gasteiger partial charge in [-0.25, -0.2) is 9.59 Å². The zero-order chi connectivity index (χ0) is 20.6. The summed E-state index contributed by atoms with van der Waals surface area (Å²) in [7, 11) is 0. The van der Waals surface area contributed by atoms with Crippen molar-refractivity contribution in [2.24, 2.45) is 0 Å². The summed E-state index contributed by atoms with van der Waals surface area (Å²) >= 11 is 0. The highest BCUT2D eigenvalue weighted by molar-refractivity contribution is 5.88. The lowest BCUT2D eigenvalue weighted by molar-refractivity contribution is -0.150. The summed E-state index contributed by atoms with van der Waals surface area (Å²) in [6.07, 6.45) is 0. The number of hydrogen-bond acceptors (Lipinski definition) is 5. The van der Waals surface area contributed by atoms with Crippen molar-refractivity contribution >= 4 is 29.0 Å². The molecule has 0 spiro atoms. The molecular formula is C24H21NO4. The van der Waals surface area contributed by atoms with Gasteiger partial charge >= 0.3 is 11.9 Å². The number of hydrogen-bond donors (Lipinski definition) is 0. The minimum atomic E-state index is -0.657. The molecule has 0 bridgehead atoms. The van der Waals surface area contributed by atoms with Crippen LogP contribution in [0.25, 0.3) is 0 Å². The number of benzene rings is 3. The largest absolute Gasteiger partial charge is 0.450 e. The molecule has 0 amide bonds. The standard InChI is InChI=1S/C24H21NO4/c1-18(2)24(27)28-17-23(26)29-22-15-13-21(14-16-22)25(19-9-5-3-6-10-19)20-11-7-4-8-12-20/h3-16H,1,17H2,2H3. The fourth-order valence-corrected chi connectivity index (χ4v) is 2.67. The van der Waals surface area contributed by atoms with E-state index in [1.165, 1.54) is 6.92 Å². The van der Waals surface area contributed by atoms with Gasteiger partial charge in [0.05, 0.1) is 0 Å². The molecule has 0 radical (unpaired) electrons. The molecule has 0 fully saturated rings. The van der Waals surface area contributed by atoms with Crippen molar-refractivity contribution in [3.8, 4) is 5.75 Å². The van der Waals surface area contributed by atoms with Gasteiger partial charge in [-0.3, -0.25) is 0 Å². The van der Waals surface area contributed by atoms with E-state index in [4.69, 9.17) is 9.47 Å². The predicted molar refractivity (Wildman–Crippen MR) is 113 cm³/mol. The second kappa shape index (κ2) is 9.37. The van der Waals surface area contributed by atoms with Gasteiger partial charge in [0, 0.05) is 22.6 Å². The predicted octanol–water partition coefficient (Wildman–Crippen LogP) is 5.18. The molecule has 3 aromatic carbocycles. The monoisotopic (exact) mass is 387 g/mol. The van der Waals surface area contributed by atoms with Crippen molar-refractivity contribution < 1.29 is 19.1 Å². The maximum Gasteiger partial charge on any atom is 0.349 e. The van der Waals surface area contributed by atoms with Gasteiger partial charge < -0.3 is 14.4 Å². The molecule has 0 unspecified atom stereocenters. The average molecular weight is 387 g/mol. The second-order valence-electron chi connectivity index (χ2n) is 6.33. The molecule has 0 aliphatic heterocycles. The number of anilines is 3. The van der Waals surface area contributed by atoms with Crippen LogP contribution in [0.1, 0.15) is 6.92 Å². The Morgan fingerprint density at radius 2 is 1.28 bits per heavy atom. The number of rotatable bonds is 7. The van der Waals surface area contributed by atoms with Crippen LogP contribution in [-0.4, -0.2) is 18.5 Å². The zero-order valence-electron chi connectivity index (χ0n) is 16.1. The molecule has 0 N–H and O–H groups in total. The minimum Gasteiger partial charge on any atom is -0.450 e. The molecule has 0 aromatic heterocycles. The number of carbonyl (C=O) groups is 2. The molecule has 3 aromatic rings. The average Bonchev–Trinajstić information content (AvgIpc) is 2.75. The van der Waals surface area contributed by atoms with Crippen LogP contribution in [0.15, 0.2) is 97.1 Å². The number of nitrogens with zero attached hydrogens (tertiary/aromatic N) is 1. The van der Waals surface area contributed by atoms with Gasteiger partial charge in [-0.2, -0.15) is 0 Å². The van der Waals surface area contributed by atoms with Gasteiger partial charge in [-0.05, 0) is 55.5 Å². The summed E-state index contributed by atoms with van der Waals surface area (Å²) < 4.78 is 10.0. The SMILES string of the molecule is C=C(C)C(=O)OCC(=O)Oc1ccc(N(c2ccccc2)c2ccccc2)cc1. The van der Waals surface area contributed by atoms with E-state index in [-0.39, 0.29) is 5.57 Å². The van der Waals surface area contributed by atoms with E-state index in [0.29, 0.717) is 5.75 Å². The number of esters is 2. The molecule has 0 atom stereocenters. The van der Waals surface area contributed by atoms with E-state index in [1.54, 1.807) is 12.1 Å². The van der Waals surface area contributed by atoms with E-state index in [1.807, 2.05) is 72.8 Å². The van der Waals surface area contributed by atoms with Gasteiger partial charge in [-0.15, -0.1) is 0 Å². The smallest absolute Gasteiger partial charge is 0.349 e. The lowest BCUT2D eigenvalue weighted by Crippen LogP contribution is -2.19. The molecule has 5 nitrogen and oxygen atoms in total. The van der Waals surface area contributed by atoms with Crippen LogP contribution in [0, 0.1) is 0 Å². The third-order valence-corrected chi connectivity index (χ3v) is 4.02. The maximum absolute atomic E-state index is 11.9. The van der Waals surface area contributed by atoms with Crippen LogP contribution >= 0.6 is 0 Å². The first kappa shape index (κ1) is 19.9. The Morgan fingerprint density at radius 1 is 0.793 bits per heavy atom. The van der Waals surface area contributed by atoms with Crippen LogP contribution in [0.2, 0.25) is 0 Å². The number of ether oxygens (including phenoxy) is 2. The summed E-state index contributed by atoms with van der Waals surface area (Å²) in [5.41, 5.74) is 3.16. The Labute approximate surface area is 169 Å². The normalized spacial score (nSPS) is 10.1. The van der Waals surface area contributed by atoms with Crippen molar-refractivity contribution in [3.05, 3.63) is 97.1 Å². The van der Waals surface area contributed by atoms with E-state index in [0.717, 1.165) is 17.1 Å². The Balaban J connectivity index is 1.75. The summed E-state index contributed by atoms with van der Waals surface area (Å²) in [6.45, 7) is 4.51. The van der Waals surface area contributed by atoms with E-state index < -0.39 is 18.5 Å². The van der Waals surface area contributed by atoms with Crippen LogP contribution in [0.5, 0.6) is 5.75 Å². The molecule has 0 saturated carbocycles. The second-order valence-corrected chi connectivity index (χ2v) is 6.33. The van der Waals surface area contributed by atoms with Gasteiger partial charge in [-0.1, -0.05) is 43.0 Å². The van der Waals surface area contributed by atoms with E-state index in [2.05, 4.69) is 11.5 Å². The van der Waals surface area contributed by atoms with Gasteiger partial charge in [0.15, 0.2) is 6.61 Å².